The van der Waals surface area contributed by atoms with E-state index in [1.807, 2.05) is 6.07 Å². The molecule has 0 unspecified atom stereocenters. The van der Waals surface area contributed by atoms with E-state index >= 15 is 0 Å². The Labute approximate surface area is 103 Å². The van der Waals surface area contributed by atoms with Gasteiger partial charge in [0, 0.05) is 18.2 Å². The molecule has 0 amide bonds. The van der Waals surface area contributed by atoms with Crippen LogP contribution in [-0.2, 0) is 0 Å². The maximum atomic E-state index is 5.27. The molecule has 1 aromatic carbocycles. The van der Waals surface area contributed by atoms with Crippen molar-refractivity contribution in [2.24, 2.45) is 0 Å². The Morgan fingerprint density at radius 1 is 1.12 bits per heavy atom. The van der Waals surface area contributed by atoms with Crippen molar-refractivity contribution >= 4 is 11.4 Å². The molecule has 0 atom stereocenters. The van der Waals surface area contributed by atoms with Crippen LogP contribution in [0.4, 0.5) is 11.4 Å². The number of nitrogens with one attached hydrogen (secondary N) is 2. The predicted octanol–water partition coefficient (Wildman–Crippen LogP) is 3.24. The lowest BCUT2D eigenvalue weighted by molar-refractivity contribution is 0.415. The summed E-state index contributed by atoms with van der Waals surface area (Å²) in [6.07, 6.45) is 6.54. The molecule has 3 heteroatoms. The molecule has 1 heterocycles. The fourth-order valence-electron chi connectivity index (χ4n) is 3.12. The average Bonchev–Trinajstić information content (AvgIpc) is 2.71. The lowest BCUT2D eigenvalue weighted by Crippen LogP contribution is -2.35. The number of fused-ring (bicyclic) bond motifs is 1. The normalized spacial score (nSPS) is 21.2. The van der Waals surface area contributed by atoms with Crippen molar-refractivity contribution in [3.05, 3.63) is 18.2 Å². The van der Waals surface area contributed by atoms with Crippen LogP contribution in [0.1, 0.15) is 32.1 Å². The molecule has 1 aliphatic heterocycles. The zero-order chi connectivity index (χ0) is 11.7. The van der Waals surface area contributed by atoms with Crippen LogP contribution in [0.2, 0.25) is 0 Å². The van der Waals surface area contributed by atoms with Gasteiger partial charge < -0.3 is 15.4 Å². The van der Waals surface area contributed by atoms with Gasteiger partial charge in [0.1, 0.15) is 5.75 Å². The first-order chi connectivity index (χ1) is 8.31. The van der Waals surface area contributed by atoms with Crippen molar-refractivity contribution in [2.75, 3.05) is 24.3 Å². The molecule has 92 valence electrons. The standard InChI is InChI=1S/C14H20N2O/c1-17-11-4-5-12-13(10-11)15-9-8-14(16-12)6-2-3-7-14/h4-5,10,15-16H,2-3,6-9H2,1H3. The van der Waals surface area contributed by atoms with Crippen molar-refractivity contribution in [1.29, 1.82) is 0 Å². The highest BCUT2D eigenvalue weighted by Gasteiger charge is 2.35. The average molecular weight is 232 g/mol. The van der Waals surface area contributed by atoms with Crippen LogP contribution in [0.5, 0.6) is 5.75 Å². The molecule has 1 saturated carbocycles. The molecule has 1 fully saturated rings. The molecule has 0 bridgehead atoms. The highest BCUT2D eigenvalue weighted by molar-refractivity contribution is 5.72. The summed E-state index contributed by atoms with van der Waals surface area (Å²) in [5.74, 6) is 0.917. The Morgan fingerprint density at radius 2 is 1.94 bits per heavy atom. The number of hydrogen-bond donors (Lipinski definition) is 2. The number of methoxy groups -OCH3 is 1. The molecule has 3 rings (SSSR count). The SMILES string of the molecule is COc1ccc2c(c1)NCCC1(CCCC1)N2. The third kappa shape index (κ3) is 1.94. The van der Waals surface area contributed by atoms with Crippen molar-refractivity contribution in [1.82, 2.24) is 0 Å². The van der Waals surface area contributed by atoms with E-state index in [1.165, 1.54) is 43.5 Å². The van der Waals surface area contributed by atoms with Crippen molar-refractivity contribution < 1.29 is 4.74 Å². The zero-order valence-corrected chi connectivity index (χ0v) is 10.4. The van der Waals surface area contributed by atoms with Gasteiger partial charge in [0.15, 0.2) is 0 Å². The van der Waals surface area contributed by atoms with Gasteiger partial charge in [0.2, 0.25) is 0 Å². The Bertz CT molecular complexity index is 411. The third-order valence-corrected chi connectivity index (χ3v) is 4.11. The number of ether oxygens (including phenoxy) is 1. The van der Waals surface area contributed by atoms with Gasteiger partial charge >= 0.3 is 0 Å². The quantitative estimate of drug-likeness (QED) is 0.780. The lowest BCUT2D eigenvalue weighted by Gasteiger charge is -2.29. The molecule has 17 heavy (non-hydrogen) atoms. The summed E-state index contributed by atoms with van der Waals surface area (Å²) in [6.45, 7) is 1.05. The van der Waals surface area contributed by atoms with E-state index < -0.39 is 0 Å². The largest absolute Gasteiger partial charge is 0.497 e. The van der Waals surface area contributed by atoms with Crippen LogP contribution in [0.15, 0.2) is 18.2 Å². The molecular weight excluding hydrogens is 212 g/mol. The monoisotopic (exact) mass is 232 g/mol. The van der Waals surface area contributed by atoms with E-state index in [2.05, 4.69) is 22.8 Å². The fraction of sp³-hybridized carbons (Fsp3) is 0.571. The van der Waals surface area contributed by atoms with Crippen molar-refractivity contribution in [3.8, 4) is 5.75 Å². The van der Waals surface area contributed by atoms with Gasteiger partial charge in [-0.2, -0.15) is 0 Å². The summed E-state index contributed by atoms with van der Waals surface area (Å²) >= 11 is 0. The van der Waals surface area contributed by atoms with Crippen LogP contribution in [0.25, 0.3) is 0 Å². The summed E-state index contributed by atoms with van der Waals surface area (Å²) in [4.78, 5) is 0. The maximum absolute atomic E-state index is 5.27. The molecule has 2 aliphatic rings. The highest BCUT2D eigenvalue weighted by atomic mass is 16.5. The minimum absolute atomic E-state index is 0.340. The molecule has 1 aromatic rings. The lowest BCUT2D eigenvalue weighted by atomic mass is 9.93. The third-order valence-electron chi connectivity index (χ3n) is 4.11. The van der Waals surface area contributed by atoms with E-state index in [1.54, 1.807) is 7.11 Å². The van der Waals surface area contributed by atoms with E-state index in [0.29, 0.717) is 5.54 Å². The zero-order valence-electron chi connectivity index (χ0n) is 10.4. The molecule has 3 nitrogen and oxygen atoms in total. The van der Waals surface area contributed by atoms with Crippen LogP contribution < -0.4 is 15.4 Å². The summed E-state index contributed by atoms with van der Waals surface area (Å²) < 4.78 is 5.27. The van der Waals surface area contributed by atoms with Gasteiger partial charge in [0.05, 0.1) is 18.5 Å². The Hall–Kier alpha value is -1.38. The summed E-state index contributed by atoms with van der Waals surface area (Å²) in [6, 6.07) is 6.24. The van der Waals surface area contributed by atoms with Gasteiger partial charge in [-0.15, -0.1) is 0 Å². The summed E-state index contributed by atoms with van der Waals surface area (Å²) in [5, 5.41) is 7.28. The number of benzene rings is 1. The first-order valence-electron chi connectivity index (χ1n) is 6.51. The van der Waals surface area contributed by atoms with Gasteiger partial charge in [-0.05, 0) is 31.4 Å². The second-order valence-corrected chi connectivity index (χ2v) is 5.20. The number of hydrogen-bond acceptors (Lipinski definition) is 3. The minimum atomic E-state index is 0.340. The van der Waals surface area contributed by atoms with Gasteiger partial charge in [-0.25, -0.2) is 0 Å². The van der Waals surface area contributed by atoms with Crippen LogP contribution >= 0.6 is 0 Å². The highest BCUT2D eigenvalue weighted by Crippen LogP contribution is 2.40. The fourth-order valence-corrected chi connectivity index (χ4v) is 3.12. The second kappa shape index (κ2) is 4.13. The Kier molecular flexibility index (Phi) is 2.61. The topological polar surface area (TPSA) is 33.3 Å². The maximum Gasteiger partial charge on any atom is 0.121 e. The molecule has 2 N–H and O–H groups in total. The smallest absolute Gasteiger partial charge is 0.121 e. The number of anilines is 2. The molecular formula is C14H20N2O. The van der Waals surface area contributed by atoms with E-state index in [-0.39, 0.29) is 0 Å². The summed E-state index contributed by atoms with van der Waals surface area (Å²) in [7, 11) is 1.71. The predicted molar refractivity (Wildman–Crippen MR) is 70.9 cm³/mol. The van der Waals surface area contributed by atoms with Crippen molar-refractivity contribution in [3.63, 3.8) is 0 Å². The first-order valence-corrected chi connectivity index (χ1v) is 6.51. The van der Waals surface area contributed by atoms with Crippen LogP contribution in [0.3, 0.4) is 0 Å². The Morgan fingerprint density at radius 3 is 2.71 bits per heavy atom. The van der Waals surface area contributed by atoms with Crippen molar-refractivity contribution in [2.45, 2.75) is 37.6 Å². The van der Waals surface area contributed by atoms with Crippen LogP contribution in [-0.4, -0.2) is 19.2 Å². The molecule has 1 spiro atoms. The number of rotatable bonds is 1. The molecule has 0 radical (unpaired) electrons. The van der Waals surface area contributed by atoms with Gasteiger partial charge in [0.25, 0.3) is 0 Å². The Balaban J connectivity index is 1.91. The second-order valence-electron chi connectivity index (χ2n) is 5.20. The van der Waals surface area contributed by atoms with Gasteiger partial charge in [-0.3, -0.25) is 0 Å². The first kappa shape index (κ1) is 10.8. The van der Waals surface area contributed by atoms with E-state index in [4.69, 9.17) is 4.74 Å². The summed E-state index contributed by atoms with van der Waals surface area (Å²) in [5.41, 5.74) is 2.74. The molecule has 0 aromatic heterocycles. The van der Waals surface area contributed by atoms with E-state index in [0.717, 1.165) is 12.3 Å². The minimum Gasteiger partial charge on any atom is -0.497 e. The molecule has 1 aliphatic carbocycles. The van der Waals surface area contributed by atoms with E-state index in [9.17, 15) is 0 Å². The van der Waals surface area contributed by atoms with Crippen LogP contribution in [0, 0.1) is 0 Å². The molecule has 0 saturated heterocycles. The van der Waals surface area contributed by atoms with Gasteiger partial charge in [-0.1, -0.05) is 12.8 Å².